The molecule has 0 fully saturated rings. The molecule has 0 bridgehead atoms. The molecule has 0 unspecified atom stereocenters. The van der Waals surface area contributed by atoms with Crippen LogP contribution in [0.25, 0.3) is 0 Å². The van der Waals surface area contributed by atoms with Gasteiger partial charge in [-0.05, 0) is 56.5 Å². The standard InChI is InChI=1S/C17H23ClN2O4S/c1-4-19-15(21)11(2)24-17(23)14(9-10-25-3)20-16(22)12-5-7-13(18)8-6-12/h5-8,11,14H,4,9-10H2,1-3H3,(H,19,21)(H,20,22)/t11-,14-/m0/s1. The second kappa shape index (κ2) is 11.0. The number of hydrogen-bond donors (Lipinski definition) is 2. The minimum absolute atomic E-state index is 0.372. The van der Waals surface area contributed by atoms with Crippen LogP contribution in [0.2, 0.25) is 5.02 Å². The molecule has 0 heterocycles. The van der Waals surface area contributed by atoms with E-state index < -0.39 is 24.0 Å². The highest BCUT2D eigenvalue weighted by atomic mass is 35.5. The molecule has 0 aliphatic rings. The average molecular weight is 387 g/mol. The van der Waals surface area contributed by atoms with E-state index in [1.165, 1.54) is 6.92 Å². The van der Waals surface area contributed by atoms with Gasteiger partial charge in [0.25, 0.3) is 11.8 Å². The zero-order chi connectivity index (χ0) is 18.8. The number of carbonyl (C=O) groups excluding carboxylic acids is 3. The minimum Gasteiger partial charge on any atom is -0.451 e. The lowest BCUT2D eigenvalue weighted by Crippen LogP contribution is -2.45. The molecule has 2 atom stereocenters. The molecule has 1 aromatic carbocycles. The summed E-state index contributed by atoms with van der Waals surface area (Å²) in [5, 5.41) is 5.77. The van der Waals surface area contributed by atoms with Gasteiger partial charge in [-0.1, -0.05) is 11.6 Å². The highest BCUT2D eigenvalue weighted by Crippen LogP contribution is 2.11. The number of ether oxygens (including phenoxy) is 1. The number of carbonyl (C=O) groups is 3. The van der Waals surface area contributed by atoms with E-state index in [0.717, 1.165) is 0 Å². The van der Waals surface area contributed by atoms with Crippen molar-refractivity contribution in [3.05, 3.63) is 34.9 Å². The van der Waals surface area contributed by atoms with Crippen LogP contribution in [0.5, 0.6) is 0 Å². The molecule has 0 saturated heterocycles. The smallest absolute Gasteiger partial charge is 0.329 e. The molecule has 25 heavy (non-hydrogen) atoms. The topological polar surface area (TPSA) is 84.5 Å². The van der Waals surface area contributed by atoms with Crippen LogP contribution in [0.3, 0.4) is 0 Å². The first-order chi connectivity index (χ1) is 11.9. The predicted octanol–water partition coefficient (Wildman–Crippen LogP) is 2.26. The molecule has 0 aliphatic heterocycles. The van der Waals surface area contributed by atoms with Crippen LogP contribution in [-0.4, -0.2) is 48.5 Å². The first-order valence-corrected chi connectivity index (χ1v) is 9.69. The van der Waals surface area contributed by atoms with Gasteiger partial charge in [0.15, 0.2) is 6.10 Å². The molecule has 0 aromatic heterocycles. The van der Waals surface area contributed by atoms with Crippen LogP contribution in [0, 0.1) is 0 Å². The van der Waals surface area contributed by atoms with Crippen molar-refractivity contribution in [2.45, 2.75) is 32.4 Å². The maximum Gasteiger partial charge on any atom is 0.329 e. The van der Waals surface area contributed by atoms with Crippen LogP contribution in [0.15, 0.2) is 24.3 Å². The van der Waals surface area contributed by atoms with Crippen LogP contribution < -0.4 is 10.6 Å². The van der Waals surface area contributed by atoms with Crippen molar-refractivity contribution in [2.24, 2.45) is 0 Å². The maximum atomic E-state index is 12.3. The fourth-order valence-corrected chi connectivity index (χ4v) is 2.55. The molecule has 1 rings (SSSR count). The molecule has 0 saturated carbocycles. The highest BCUT2D eigenvalue weighted by Gasteiger charge is 2.26. The molecule has 8 heteroatoms. The fourth-order valence-electron chi connectivity index (χ4n) is 1.96. The third kappa shape index (κ3) is 7.36. The Kier molecular flexibility index (Phi) is 9.37. The van der Waals surface area contributed by atoms with Crippen molar-refractivity contribution in [2.75, 3.05) is 18.6 Å². The van der Waals surface area contributed by atoms with Gasteiger partial charge in [0.05, 0.1) is 0 Å². The molecule has 0 spiro atoms. The summed E-state index contributed by atoms with van der Waals surface area (Å²) in [4.78, 5) is 36.3. The van der Waals surface area contributed by atoms with Crippen LogP contribution in [-0.2, 0) is 14.3 Å². The monoisotopic (exact) mass is 386 g/mol. The normalized spacial score (nSPS) is 12.8. The molecule has 1 aromatic rings. The highest BCUT2D eigenvalue weighted by molar-refractivity contribution is 7.98. The van der Waals surface area contributed by atoms with E-state index in [1.54, 1.807) is 43.0 Å². The minimum atomic E-state index is -0.920. The molecule has 2 amide bonds. The lowest BCUT2D eigenvalue weighted by atomic mass is 10.1. The third-order valence-electron chi connectivity index (χ3n) is 3.32. The zero-order valence-corrected chi connectivity index (χ0v) is 16.1. The maximum absolute atomic E-state index is 12.3. The lowest BCUT2D eigenvalue weighted by molar-refractivity contribution is -0.156. The number of halogens is 1. The Morgan fingerprint density at radius 2 is 1.88 bits per heavy atom. The van der Waals surface area contributed by atoms with Gasteiger partial charge in [-0.25, -0.2) is 4.79 Å². The van der Waals surface area contributed by atoms with E-state index in [1.807, 2.05) is 6.26 Å². The van der Waals surface area contributed by atoms with E-state index in [0.29, 0.717) is 29.3 Å². The van der Waals surface area contributed by atoms with Crippen molar-refractivity contribution in [3.8, 4) is 0 Å². The summed E-state index contributed by atoms with van der Waals surface area (Å²) >= 11 is 7.36. The largest absolute Gasteiger partial charge is 0.451 e. The Balaban J connectivity index is 2.74. The number of likely N-dealkylation sites (N-methyl/N-ethyl adjacent to an activating group) is 1. The summed E-state index contributed by atoms with van der Waals surface area (Å²) in [5.74, 6) is -0.736. The number of rotatable bonds is 9. The first kappa shape index (κ1) is 21.3. The van der Waals surface area contributed by atoms with Gasteiger partial charge in [-0.15, -0.1) is 0 Å². The molecule has 6 nitrogen and oxygen atoms in total. The number of thioether (sulfide) groups is 1. The van der Waals surface area contributed by atoms with Gasteiger partial charge in [0.2, 0.25) is 0 Å². The van der Waals surface area contributed by atoms with E-state index in [4.69, 9.17) is 16.3 Å². The number of amides is 2. The molecular weight excluding hydrogens is 364 g/mol. The number of esters is 1. The van der Waals surface area contributed by atoms with Gasteiger partial charge in [-0.2, -0.15) is 11.8 Å². The Bertz CT molecular complexity index is 595. The Hall–Kier alpha value is -1.73. The van der Waals surface area contributed by atoms with Gasteiger partial charge in [0.1, 0.15) is 6.04 Å². The lowest BCUT2D eigenvalue weighted by Gasteiger charge is -2.20. The molecule has 0 aliphatic carbocycles. The van der Waals surface area contributed by atoms with Crippen LogP contribution in [0.1, 0.15) is 30.6 Å². The summed E-state index contributed by atoms with van der Waals surface area (Å²) in [6, 6.07) is 5.52. The fraction of sp³-hybridized carbons (Fsp3) is 0.471. The number of nitrogens with one attached hydrogen (secondary N) is 2. The molecule has 138 valence electrons. The number of hydrogen-bond acceptors (Lipinski definition) is 5. The van der Waals surface area contributed by atoms with Gasteiger partial charge in [-0.3, -0.25) is 9.59 Å². The van der Waals surface area contributed by atoms with Crippen LogP contribution in [0.4, 0.5) is 0 Å². The summed E-state index contributed by atoms with van der Waals surface area (Å²) < 4.78 is 5.18. The van der Waals surface area contributed by atoms with Crippen molar-refractivity contribution in [1.29, 1.82) is 0 Å². The summed E-state index contributed by atoms with van der Waals surface area (Å²) in [7, 11) is 0. The zero-order valence-electron chi connectivity index (χ0n) is 14.5. The van der Waals surface area contributed by atoms with Gasteiger partial charge < -0.3 is 15.4 Å². The second-order valence-electron chi connectivity index (χ2n) is 5.29. The molecule has 0 radical (unpaired) electrons. The van der Waals surface area contributed by atoms with Gasteiger partial charge in [0, 0.05) is 17.1 Å². The SMILES string of the molecule is CCNC(=O)[C@H](C)OC(=O)[C@H](CCSC)NC(=O)c1ccc(Cl)cc1. The van der Waals surface area contributed by atoms with Crippen molar-refractivity contribution >= 4 is 41.1 Å². The number of benzene rings is 1. The van der Waals surface area contributed by atoms with E-state index in [-0.39, 0.29) is 5.91 Å². The Morgan fingerprint density at radius 1 is 1.24 bits per heavy atom. The Morgan fingerprint density at radius 3 is 2.44 bits per heavy atom. The summed E-state index contributed by atoms with van der Waals surface area (Å²) in [6.45, 7) is 3.72. The molecule has 2 N–H and O–H groups in total. The van der Waals surface area contributed by atoms with Crippen LogP contribution >= 0.6 is 23.4 Å². The first-order valence-electron chi connectivity index (χ1n) is 7.92. The molecular formula is C17H23ClN2O4S. The Labute approximate surface area is 157 Å². The summed E-state index contributed by atoms with van der Waals surface area (Å²) in [5.41, 5.74) is 0.392. The predicted molar refractivity (Wildman–Crippen MR) is 99.9 cm³/mol. The summed E-state index contributed by atoms with van der Waals surface area (Å²) in [6.07, 6.45) is 1.39. The van der Waals surface area contributed by atoms with E-state index >= 15 is 0 Å². The van der Waals surface area contributed by atoms with E-state index in [2.05, 4.69) is 10.6 Å². The van der Waals surface area contributed by atoms with Crippen molar-refractivity contribution in [3.63, 3.8) is 0 Å². The quantitative estimate of drug-likeness (QED) is 0.636. The van der Waals surface area contributed by atoms with Gasteiger partial charge >= 0.3 is 5.97 Å². The van der Waals surface area contributed by atoms with Crippen molar-refractivity contribution < 1.29 is 19.1 Å². The van der Waals surface area contributed by atoms with E-state index in [9.17, 15) is 14.4 Å². The van der Waals surface area contributed by atoms with Crippen molar-refractivity contribution in [1.82, 2.24) is 10.6 Å². The second-order valence-corrected chi connectivity index (χ2v) is 6.71. The average Bonchev–Trinajstić information content (AvgIpc) is 2.58. The third-order valence-corrected chi connectivity index (χ3v) is 4.22.